The van der Waals surface area contributed by atoms with Crippen molar-refractivity contribution in [3.8, 4) is 5.82 Å². The number of hydrogen-bond acceptors (Lipinski definition) is 5. The molecule has 0 aromatic carbocycles. The van der Waals surface area contributed by atoms with Gasteiger partial charge in [-0.05, 0) is 18.2 Å². The Bertz CT molecular complexity index is 718. The molecule has 0 saturated carbocycles. The smallest absolute Gasteiger partial charge is 0.155 e. The second-order valence-electron chi connectivity index (χ2n) is 4.06. The van der Waals surface area contributed by atoms with Crippen molar-refractivity contribution in [2.75, 3.05) is 5.73 Å². The normalized spacial score (nSPS) is 11.0. The molecule has 3 aromatic rings. The summed E-state index contributed by atoms with van der Waals surface area (Å²) in [6.07, 6.45) is 8.43. The highest BCUT2D eigenvalue weighted by Crippen LogP contribution is 2.23. The van der Waals surface area contributed by atoms with Crippen molar-refractivity contribution < 1.29 is 0 Å². The zero-order valence-corrected chi connectivity index (χ0v) is 10.6. The standard InChI is InChI=1S/C14H12N6/c15-14-12(18-9-11-4-3-6-16-8-11)10-19-20(14)13-5-1-2-7-17-13/h1-10H,15H2. The molecule has 0 aliphatic heterocycles. The van der Waals surface area contributed by atoms with Crippen LogP contribution in [0.3, 0.4) is 0 Å². The van der Waals surface area contributed by atoms with E-state index in [4.69, 9.17) is 5.73 Å². The molecule has 0 spiro atoms. The van der Waals surface area contributed by atoms with Gasteiger partial charge in [-0.15, -0.1) is 0 Å². The van der Waals surface area contributed by atoms with Crippen molar-refractivity contribution in [3.63, 3.8) is 0 Å². The van der Waals surface area contributed by atoms with E-state index >= 15 is 0 Å². The van der Waals surface area contributed by atoms with Gasteiger partial charge in [-0.2, -0.15) is 9.78 Å². The SMILES string of the molecule is Nc1c(N=Cc2cccnc2)cnn1-c1ccccn1. The van der Waals surface area contributed by atoms with Crippen LogP contribution >= 0.6 is 0 Å². The third-order valence-electron chi connectivity index (χ3n) is 2.69. The molecule has 20 heavy (non-hydrogen) atoms. The number of rotatable bonds is 3. The van der Waals surface area contributed by atoms with Gasteiger partial charge in [0, 0.05) is 30.4 Å². The van der Waals surface area contributed by atoms with Gasteiger partial charge in [-0.3, -0.25) is 9.98 Å². The lowest BCUT2D eigenvalue weighted by atomic mass is 10.3. The van der Waals surface area contributed by atoms with E-state index in [0.717, 1.165) is 5.56 Å². The summed E-state index contributed by atoms with van der Waals surface area (Å²) in [6.45, 7) is 0. The highest BCUT2D eigenvalue weighted by atomic mass is 15.3. The molecule has 0 aliphatic rings. The lowest BCUT2D eigenvalue weighted by molar-refractivity contribution is 0.857. The van der Waals surface area contributed by atoms with E-state index in [9.17, 15) is 0 Å². The van der Waals surface area contributed by atoms with Crippen molar-refractivity contribution in [1.29, 1.82) is 0 Å². The maximum absolute atomic E-state index is 6.03. The van der Waals surface area contributed by atoms with Crippen molar-refractivity contribution in [3.05, 3.63) is 60.7 Å². The highest BCUT2D eigenvalue weighted by molar-refractivity contribution is 5.82. The van der Waals surface area contributed by atoms with Crippen LogP contribution in [0, 0.1) is 0 Å². The fourth-order valence-electron chi connectivity index (χ4n) is 1.71. The van der Waals surface area contributed by atoms with Crippen LogP contribution in [0.15, 0.2) is 60.1 Å². The topological polar surface area (TPSA) is 82.0 Å². The summed E-state index contributed by atoms with van der Waals surface area (Å²) in [5, 5.41) is 4.20. The molecule has 0 saturated heterocycles. The van der Waals surface area contributed by atoms with Crippen LogP contribution in [-0.4, -0.2) is 26.0 Å². The van der Waals surface area contributed by atoms with Gasteiger partial charge in [0.05, 0.1) is 6.20 Å². The molecule has 6 nitrogen and oxygen atoms in total. The zero-order valence-electron chi connectivity index (χ0n) is 10.6. The molecule has 6 heteroatoms. The van der Waals surface area contributed by atoms with Gasteiger partial charge >= 0.3 is 0 Å². The summed E-state index contributed by atoms with van der Waals surface area (Å²) in [7, 11) is 0. The average Bonchev–Trinajstić information content (AvgIpc) is 2.88. The lowest BCUT2D eigenvalue weighted by Gasteiger charge is -2.01. The number of hydrogen-bond donors (Lipinski definition) is 1. The van der Waals surface area contributed by atoms with Crippen LogP contribution in [0.25, 0.3) is 5.82 Å². The first-order valence-electron chi connectivity index (χ1n) is 6.03. The van der Waals surface area contributed by atoms with Gasteiger partial charge in [-0.25, -0.2) is 4.98 Å². The second-order valence-corrected chi connectivity index (χ2v) is 4.06. The predicted octanol–water partition coefficient (Wildman–Crippen LogP) is 2.00. The van der Waals surface area contributed by atoms with Crippen LogP contribution in [-0.2, 0) is 0 Å². The van der Waals surface area contributed by atoms with Crippen molar-refractivity contribution in [2.45, 2.75) is 0 Å². The first-order valence-corrected chi connectivity index (χ1v) is 6.03. The summed E-state index contributed by atoms with van der Waals surface area (Å²) in [5.74, 6) is 1.11. The molecule has 0 radical (unpaired) electrons. The molecule has 0 unspecified atom stereocenters. The molecule has 0 fully saturated rings. The number of aromatic nitrogens is 4. The van der Waals surface area contributed by atoms with Crippen LogP contribution in [0.5, 0.6) is 0 Å². The summed E-state index contributed by atoms with van der Waals surface area (Å²) >= 11 is 0. The van der Waals surface area contributed by atoms with Gasteiger partial charge in [0.2, 0.25) is 0 Å². The number of nitrogens with two attached hydrogens (primary N) is 1. The Morgan fingerprint density at radius 2 is 2.05 bits per heavy atom. The number of anilines is 1. The Hall–Kier alpha value is -3.02. The lowest BCUT2D eigenvalue weighted by Crippen LogP contribution is -2.03. The maximum atomic E-state index is 6.03. The third-order valence-corrected chi connectivity index (χ3v) is 2.69. The molecule has 0 bridgehead atoms. The summed E-state index contributed by atoms with van der Waals surface area (Å²) in [5.41, 5.74) is 7.53. The predicted molar refractivity (Wildman–Crippen MR) is 77.3 cm³/mol. The number of nitrogens with zero attached hydrogens (tertiary/aromatic N) is 5. The van der Waals surface area contributed by atoms with Crippen molar-refractivity contribution in [2.24, 2.45) is 4.99 Å². The fourth-order valence-corrected chi connectivity index (χ4v) is 1.71. The average molecular weight is 264 g/mol. The van der Waals surface area contributed by atoms with E-state index in [1.807, 2.05) is 30.3 Å². The van der Waals surface area contributed by atoms with Gasteiger partial charge in [-0.1, -0.05) is 12.1 Å². The van der Waals surface area contributed by atoms with E-state index in [1.54, 1.807) is 35.7 Å². The van der Waals surface area contributed by atoms with Gasteiger partial charge in [0.25, 0.3) is 0 Å². The Morgan fingerprint density at radius 1 is 1.10 bits per heavy atom. The summed E-state index contributed by atoms with van der Waals surface area (Å²) < 4.78 is 1.55. The maximum Gasteiger partial charge on any atom is 0.155 e. The Morgan fingerprint density at radius 3 is 2.80 bits per heavy atom. The minimum atomic E-state index is 0.448. The number of pyridine rings is 2. The first-order chi connectivity index (χ1) is 9.84. The van der Waals surface area contributed by atoms with E-state index in [0.29, 0.717) is 17.3 Å². The quantitative estimate of drug-likeness (QED) is 0.733. The Balaban J connectivity index is 1.90. The molecule has 3 heterocycles. The summed E-state index contributed by atoms with van der Waals surface area (Å²) in [4.78, 5) is 12.5. The molecule has 98 valence electrons. The van der Waals surface area contributed by atoms with Gasteiger partial charge in [0.15, 0.2) is 11.6 Å². The highest BCUT2D eigenvalue weighted by Gasteiger charge is 2.08. The molecular weight excluding hydrogens is 252 g/mol. The molecule has 3 rings (SSSR count). The molecular formula is C14H12N6. The molecule has 0 aliphatic carbocycles. The zero-order chi connectivity index (χ0) is 13.8. The minimum absolute atomic E-state index is 0.448. The van der Waals surface area contributed by atoms with Crippen LogP contribution in [0.4, 0.5) is 11.5 Å². The number of nitrogen functional groups attached to an aromatic ring is 1. The van der Waals surface area contributed by atoms with Gasteiger partial charge < -0.3 is 5.73 Å². The van der Waals surface area contributed by atoms with Crippen LogP contribution in [0.1, 0.15) is 5.56 Å². The van der Waals surface area contributed by atoms with E-state index in [2.05, 4.69) is 20.1 Å². The van der Waals surface area contributed by atoms with E-state index in [1.165, 1.54) is 0 Å². The van der Waals surface area contributed by atoms with E-state index in [-0.39, 0.29) is 0 Å². The first kappa shape index (κ1) is 12.0. The van der Waals surface area contributed by atoms with Crippen molar-refractivity contribution in [1.82, 2.24) is 19.7 Å². The monoisotopic (exact) mass is 264 g/mol. The largest absolute Gasteiger partial charge is 0.382 e. The van der Waals surface area contributed by atoms with Crippen LogP contribution in [0.2, 0.25) is 0 Å². The molecule has 0 amide bonds. The van der Waals surface area contributed by atoms with Gasteiger partial charge in [0.1, 0.15) is 5.69 Å². The van der Waals surface area contributed by atoms with E-state index < -0.39 is 0 Å². The third kappa shape index (κ3) is 2.39. The molecule has 3 aromatic heterocycles. The van der Waals surface area contributed by atoms with Crippen LogP contribution < -0.4 is 5.73 Å². The fraction of sp³-hybridized carbons (Fsp3) is 0. The minimum Gasteiger partial charge on any atom is -0.382 e. The van der Waals surface area contributed by atoms with Crippen molar-refractivity contribution >= 4 is 17.7 Å². The molecule has 0 atom stereocenters. The summed E-state index contributed by atoms with van der Waals surface area (Å²) in [6, 6.07) is 9.31. The molecule has 2 N–H and O–H groups in total. The Kier molecular flexibility index (Phi) is 3.20. The number of aliphatic imine (C=N–C) groups is 1. The second kappa shape index (κ2) is 5.31. The Labute approximate surface area is 115 Å².